The second-order valence-electron chi connectivity index (χ2n) is 12.4. The SMILES string of the molecule is COC(=O)c1c(NC(=O)C(C)Sc2cccc(NC(=O)/C(=C\c3ccc(-c4ccccc4)cc3)NC(=O)c3ccccc3)c2)sc2c1CCCCC2. The first-order valence-corrected chi connectivity index (χ1v) is 18.8. The molecule has 4 aromatic carbocycles. The molecule has 1 unspecified atom stereocenters. The fourth-order valence-corrected chi connectivity index (χ4v) is 8.18. The first kappa shape index (κ1) is 36.3. The Balaban J connectivity index is 1.17. The third-order valence-electron chi connectivity index (χ3n) is 8.68. The largest absolute Gasteiger partial charge is 0.465 e. The van der Waals surface area contributed by atoms with E-state index in [0.717, 1.165) is 64.1 Å². The van der Waals surface area contributed by atoms with Gasteiger partial charge in [0.05, 0.1) is 17.9 Å². The molecule has 3 amide bonds. The van der Waals surface area contributed by atoms with Gasteiger partial charge in [-0.05, 0) is 91.3 Å². The summed E-state index contributed by atoms with van der Waals surface area (Å²) in [6, 6.07) is 33.6. The van der Waals surface area contributed by atoms with Crippen molar-refractivity contribution < 1.29 is 23.9 Å². The smallest absolute Gasteiger partial charge is 0.341 e. The zero-order valence-electron chi connectivity index (χ0n) is 28.9. The van der Waals surface area contributed by atoms with Gasteiger partial charge in [0.25, 0.3) is 11.8 Å². The summed E-state index contributed by atoms with van der Waals surface area (Å²) in [4.78, 5) is 55.0. The molecule has 10 heteroatoms. The van der Waals surface area contributed by atoms with Crippen LogP contribution in [-0.2, 0) is 27.2 Å². The molecule has 5 aromatic rings. The van der Waals surface area contributed by atoms with Crippen molar-refractivity contribution in [2.24, 2.45) is 0 Å². The van der Waals surface area contributed by atoms with Gasteiger partial charge in [0.15, 0.2) is 0 Å². The van der Waals surface area contributed by atoms with E-state index >= 15 is 0 Å². The maximum absolute atomic E-state index is 13.7. The van der Waals surface area contributed by atoms with Crippen LogP contribution < -0.4 is 16.0 Å². The number of esters is 1. The van der Waals surface area contributed by atoms with Gasteiger partial charge in [-0.25, -0.2) is 4.79 Å². The Bertz CT molecular complexity index is 2090. The van der Waals surface area contributed by atoms with Crippen molar-refractivity contribution in [3.63, 3.8) is 0 Å². The average molecular weight is 730 g/mol. The monoisotopic (exact) mass is 729 g/mol. The summed E-state index contributed by atoms with van der Waals surface area (Å²) < 4.78 is 5.09. The molecule has 3 N–H and O–H groups in total. The maximum Gasteiger partial charge on any atom is 0.341 e. The number of rotatable bonds is 11. The van der Waals surface area contributed by atoms with E-state index < -0.39 is 23.0 Å². The molecule has 0 fully saturated rings. The molecule has 264 valence electrons. The van der Waals surface area contributed by atoms with Crippen molar-refractivity contribution in [2.45, 2.75) is 49.2 Å². The highest BCUT2D eigenvalue weighted by atomic mass is 32.2. The highest BCUT2D eigenvalue weighted by Crippen LogP contribution is 2.38. The van der Waals surface area contributed by atoms with E-state index in [9.17, 15) is 19.2 Å². The number of ether oxygens (including phenoxy) is 1. The second-order valence-corrected chi connectivity index (χ2v) is 14.9. The summed E-state index contributed by atoms with van der Waals surface area (Å²) in [5.74, 6) is -1.59. The molecule has 1 aliphatic carbocycles. The molecule has 52 heavy (non-hydrogen) atoms. The number of carbonyl (C=O) groups is 4. The molecule has 0 spiro atoms. The van der Waals surface area contributed by atoms with Gasteiger partial charge in [-0.1, -0.05) is 85.3 Å². The predicted molar refractivity (Wildman–Crippen MR) is 210 cm³/mol. The Morgan fingerprint density at radius 1 is 0.788 bits per heavy atom. The summed E-state index contributed by atoms with van der Waals surface area (Å²) in [6.45, 7) is 1.80. The Morgan fingerprint density at radius 2 is 1.48 bits per heavy atom. The van der Waals surface area contributed by atoms with Gasteiger partial charge in [0, 0.05) is 21.0 Å². The first-order chi connectivity index (χ1) is 25.3. The fourth-order valence-electron chi connectivity index (χ4n) is 5.98. The molecule has 0 saturated heterocycles. The number of hydrogen-bond acceptors (Lipinski definition) is 7. The molecule has 0 radical (unpaired) electrons. The van der Waals surface area contributed by atoms with Crippen LogP contribution in [0.15, 0.2) is 120 Å². The number of aryl methyl sites for hydroxylation is 1. The van der Waals surface area contributed by atoms with Gasteiger partial charge in [0.1, 0.15) is 10.7 Å². The molecule has 1 aromatic heterocycles. The van der Waals surface area contributed by atoms with Gasteiger partial charge in [-0.3, -0.25) is 14.4 Å². The number of benzene rings is 4. The predicted octanol–water partition coefficient (Wildman–Crippen LogP) is 9.00. The Labute approximate surface area is 311 Å². The number of thioether (sulfide) groups is 1. The van der Waals surface area contributed by atoms with Gasteiger partial charge < -0.3 is 20.7 Å². The molecule has 0 saturated carbocycles. The van der Waals surface area contributed by atoms with E-state index in [1.54, 1.807) is 55.5 Å². The lowest BCUT2D eigenvalue weighted by Gasteiger charge is -2.14. The van der Waals surface area contributed by atoms with Crippen molar-refractivity contribution in [2.75, 3.05) is 17.7 Å². The van der Waals surface area contributed by atoms with Gasteiger partial charge in [-0.2, -0.15) is 0 Å². The molecular formula is C42H39N3O5S2. The van der Waals surface area contributed by atoms with Crippen LogP contribution in [0.1, 0.15) is 62.9 Å². The summed E-state index contributed by atoms with van der Waals surface area (Å²) in [6.07, 6.45) is 6.48. The normalized spacial score (nSPS) is 13.2. The number of carbonyl (C=O) groups excluding carboxylic acids is 4. The molecule has 6 rings (SSSR count). The van der Waals surface area contributed by atoms with E-state index in [1.165, 1.54) is 30.2 Å². The summed E-state index contributed by atoms with van der Waals surface area (Å²) in [5.41, 5.74) is 5.29. The number of methoxy groups -OCH3 is 1. The zero-order chi connectivity index (χ0) is 36.5. The number of hydrogen-bond donors (Lipinski definition) is 3. The lowest BCUT2D eigenvalue weighted by atomic mass is 10.0. The van der Waals surface area contributed by atoms with Crippen LogP contribution >= 0.6 is 23.1 Å². The molecular weight excluding hydrogens is 691 g/mol. The molecule has 0 aliphatic heterocycles. The molecule has 1 aliphatic rings. The number of anilines is 2. The zero-order valence-corrected chi connectivity index (χ0v) is 30.6. The van der Waals surface area contributed by atoms with Gasteiger partial charge in [-0.15, -0.1) is 23.1 Å². The van der Waals surface area contributed by atoms with Gasteiger partial charge in [0.2, 0.25) is 5.91 Å². The van der Waals surface area contributed by atoms with Crippen LogP contribution in [0.5, 0.6) is 0 Å². The van der Waals surface area contributed by atoms with E-state index in [1.807, 2.05) is 66.7 Å². The average Bonchev–Trinajstić information content (AvgIpc) is 3.34. The Hall–Kier alpha value is -5.45. The standard InChI is InChI=1S/C42H39N3O5S2/c1-27(38(46)45-41-37(42(49)50-2)34-19-10-5-11-20-36(34)52-41)51-33-18-12-17-32(26-33)43-40(48)35(44-39(47)31-15-8-4-9-16-31)25-28-21-23-30(24-22-28)29-13-6-3-7-14-29/h3-4,6-9,12-18,21-27H,5,10-11,19-20H2,1-2H3,(H,43,48)(H,44,47)(H,45,46)/b35-25+. The van der Waals surface area contributed by atoms with Crippen LogP contribution in [0.3, 0.4) is 0 Å². The third kappa shape index (κ3) is 9.06. The lowest BCUT2D eigenvalue weighted by Crippen LogP contribution is -2.30. The van der Waals surface area contributed by atoms with Crippen LogP contribution in [0.25, 0.3) is 17.2 Å². The first-order valence-electron chi connectivity index (χ1n) is 17.1. The summed E-state index contributed by atoms with van der Waals surface area (Å²) in [5, 5.41) is 8.71. The number of thiophene rings is 1. The molecule has 1 atom stereocenters. The van der Waals surface area contributed by atoms with E-state index in [4.69, 9.17) is 4.74 Å². The number of nitrogens with one attached hydrogen (secondary N) is 3. The van der Waals surface area contributed by atoms with Crippen molar-refractivity contribution in [1.29, 1.82) is 0 Å². The highest BCUT2D eigenvalue weighted by molar-refractivity contribution is 8.00. The quantitative estimate of drug-likeness (QED) is 0.0542. The van der Waals surface area contributed by atoms with Crippen molar-refractivity contribution in [3.05, 3.63) is 142 Å². The van der Waals surface area contributed by atoms with Crippen molar-refractivity contribution >= 4 is 63.6 Å². The van der Waals surface area contributed by atoms with Gasteiger partial charge >= 0.3 is 5.97 Å². The maximum atomic E-state index is 13.7. The second kappa shape index (κ2) is 17.2. The van der Waals surface area contributed by atoms with E-state index in [2.05, 4.69) is 16.0 Å². The van der Waals surface area contributed by atoms with Crippen LogP contribution in [0.4, 0.5) is 10.7 Å². The highest BCUT2D eigenvalue weighted by Gasteiger charge is 2.27. The van der Waals surface area contributed by atoms with Crippen LogP contribution in [0.2, 0.25) is 0 Å². The minimum atomic E-state index is -0.516. The minimum Gasteiger partial charge on any atom is -0.465 e. The van der Waals surface area contributed by atoms with E-state index in [0.29, 0.717) is 21.8 Å². The minimum absolute atomic E-state index is 0.0721. The number of amides is 3. The Morgan fingerprint density at radius 3 is 2.21 bits per heavy atom. The topological polar surface area (TPSA) is 114 Å². The fraction of sp³-hybridized carbons (Fsp3) is 0.190. The molecule has 1 heterocycles. The van der Waals surface area contributed by atoms with Crippen molar-refractivity contribution in [1.82, 2.24) is 5.32 Å². The number of fused-ring (bicyclic) bond motifs is 1. The van der Waals surface area contributed by atoms with Crippen molar-refractivity contribution in [3.8, 4) is 11.1 Å². The molecule has 0 bridgehead atoms. The Kier molecular flexibility index (Phi) is 12.0. The summed E-state index contributed by atoms with van der Waals surface area (Å²) >= 11 is 2.79. The molecule has 8 nitrogen and oxygen atoms in total. The summed E-state index contributed by atoms with van der Waals surface area (Å²) in [7, 11) is 1.36. The third-order valence-corrected chi connectivity index (χ3v) is 11.0. The van der Waals surface area contributed by atoms with E-state index in [-0.39, 0.29) is 11.6 Å². The van der Waals surface area contributed by atoms with Crippen LogP contribution in [-0.4, -0.2) is 36.1 Å². The van der Waals surface area contributed by atoms with Crippen LogP contribution in [0, 0.1) is 0 Å². The lowest BCUT2D eigenvalue weighted by molar-refractivity contribution is -0.115.